The number of amides is 1. The molecule has 0 aliphatic carbocycles. The maximum absolute atomic E-state index is 12.2. The molecule has 1 aromatic rings. The third kappa shape index (κ3) is 2.76. The van der Waals surface area contributed by atoms with Crippen molar-refractivity contribution in [3.63, 3.8) is 0 Å². The third-order valence-electron chi connectivity index (χ3n) is 3.56. The summed E-state index contributed by atoms with van der Waals surface area (Å²) in [5.41, 5.74) is 7.00. The summed E-state index contributed by atoms with van der Waals surface area (Å²) < 4.78 is 5.40. The van der Waals surface area contributed by atoms with Gasteiger partial charge in [-0.1, -0.05) is 31.5 Å². The van der Waals surface area contributed by atoms with E-state index in [2.05, 4.69) is 13.8 Å². The van der Waals surface area contributed by atoms with E-state index >= 15 is 0 Å². The number of hydrogen-bond donors (Lipinski definition) is 1. The van der Waals surface area contributed by atoms with Crippen LogP contribution in [0.5, 0.6) is 5.75 Å². The number of benzene rings is 1. The standard InChI is InChI=1S/C15H21ClN2O2/c1-9(2)8-18-13(19)7-11(17)15(18)14-10(16)5-4-6-12(14)20-3/h4-6,9,11,15H,7-8,17H2,1-3H3. The first-order valence-electron chi connectivity index (χ1n) is 6.83. The van der Waals surface area contributed by atoms with Crippen LogP contribution in [-0.2, 0) is 4.79 Å². The van der Waals surface area contributed by atoms with Gasteiger partial charge in [-0.15, -0.1) is 0 Å². The maximum Gasteiger partial charge on any atom is 0.224 e. The fourth-order valence-corrected chi connectivity index (χ4v) is 3.06. The average molecular weight is 297 g/mol. The predicted octanol–water partition coefficient (Wildman–Crippen LogP) is 2.61. The molecular weight excluding hydrogens is 276 g/mol. The van der Waals surface area contributed by atoms with Gasteiger partial charge in [0, 0.05) is 29.6 Å². The molecule has 2 unspecified atom stereocenters. The molecule has 1 heterocycles. The second-order valence-electron chi connectivity index (χ2n) is 5.61. The molecule has 0 spiro atoms. The van der Waals surface area contributed by atoms with Gasteiger partial charge in [-0.25, -0.2) is 0 Å². The number of nitrogens with two attached hydrogens (primary N) is 1. The van der Waals surface area contributed by atoms with Gasteiger partial charge in [0.05, 0.1) is 13.2 Å². The molecule has 1 aliphatic heterocycles. The lowest BCUT2D eigenvalue weighted by molar-refractivity contribution is -0.129. The van der Waals surface area contributed by atoms with Crippen molar-refractivity contribution in [3.8, 4) is 5.75 Å². The van der Waals surface area contributed by atoms with E-state index in [1.54, 1.807) is 7.11 Å². The molecule has 4 nitrogen and oxygen atoms in total. The predicted molar refractivity (Wildman–Crippen MR) is 79.9 cm³/mol. The normalized spacial score (nSPS) is 22.7. The maximum atomic E-state index is 12.2. The molecule has 20 heavy (non-hydrogen) atoms. The minimum absolute atomic E-state index is 0.0816. The van der Waals surface area contributed by atoms with Crippen molar-refractivity contribution in [3.05, 3.63) is 28.8 Å². The van der Waals surface area contributed by atoms with Crippen molar-refractivity contribution in [2.24, 2.45) is 11.7 Å². The summed E-state index contributed by atoms with van der Waals surface area (Å²) in [6.07, 6.45) is 0.353. The van der Waals surface area contributed by atoms with Crippen LogP contribution in [0, 0.1) is 5.92 Å². The Kier molecular flexibility index (Phi) is 4.55. The number of ether oxygens (including phenoxy) is 1. The van der Waals surface area contributed by atoms with Gasteiger partial charge in [-0.2, -0.15) is 0 Å². The fraction of sp³-hybridized carbons (Fsp3) is 0.533. The van der Waals surface area contributed by atoms with Crippen molar-refractivity contribution in [1.29, 1.82) is 0 Å². The van der Waals surface area contributed by atoms with Crippen LogP contribution in [0.3, 0.4) is 0 Å². The number of carbonyl (C=O) groups is 1. The summed E-state index contributed by atoms with van der Waals surface area (Å²) >= 11 is 6.33. The summed E-state index contributed by atoms with van der Waals surface area (Å²) in [6, 6.07) is 5.02. The van der Waals surface area contributed by atoms with Gasteiger partial charge >= 0.3 is 0 Å². The zero-order valence-electron chi connectivity index (χ0n) is 12.1. The average Bonchev–Trinajstić information content (AvgIpc) is 2.64. The summed E-state index contributed by atoms with van der Waals surface area (Å²) in [6.45, 7) is 4.83. The van der Waals surface area contributed by atoms with Gasteiger partial charge in [0.15, 0.2) is 0 Å². The molecule has 0 saturated carbocycles. The third-order valence-corrected chi connectivity index (χ3v) is 3.89. The summed E-state index contributed by atoms with van der Waals surface area (Å²) in [5, 5.41) is 0.591. The number of likely N-dealkylation sites (tertiary alicyclic amines) is 1. The van der Waals surface area contributed by atoms with E-state index < -0.39 is 0 Å². The van der Waals surface area contributed by atoms with Crippen LogP contribution in [0.25, 0.3) is 0 Å². The van der Waals surface area contributed by atoms with Crippen molar-refractivity contribution in [2.45, 2.75) is 32.4 Å². The zero-order chi connectivity index (χ0) is 14.9. The topological polar surface area (TPSA) is 55.6 Å². The first kappa shape index (κ1) is 15.1. The first-order valence-corrected chi connectivity index (χ1v) is 7.21. The van der Waals surface area contributed by atoms with E-state index in [1.165, 1.54) is 0 Å². The molecule has 1 amide bonds. The quantitative estimate of drug-likeness (QED) is 0.929. The smallest absolute Gasteiger partial charge is 0.224 e. The number of nitrogens with zero attached hydrogens (tertiary/aromatic N) is 1. The summed E-state index contributed by atoms with van der Waals surface area (Å²) in [5.74, 6) is 1.14. The lowest BCUT2D eigenvalue weighted by Crippen LogP contribution is -2.35. The highest BCUT2D eigenvalue weighted by Gasteiger charge is 2.41. The lowest BCUT2D eigenvalue weighted by Gasteiger charge is -2.30. The monoisotopic (exact) mass is 296 g/mol. The molecule has 110 valence electrons. The number of methoxy groups -OCH3 is 1. The minimum Gasteiger partial charge on any atom is -0.496 e. The highest BCUT2D eigenvalue weighted by Crippen LogP contribution is 2.41. The Morgan fingerprint density at radius 2 is 2.20 bits per heavy atom. The molecular formula is C15H21ClN2O2. The Balaban J connectivity index is 2.45. The van der Waals surface area contributed by atoms with Crippen molar-refractivity contribution < 1.29 is 9.53 Å². The van der Waals surface area contributed by atoms with E-state index in [-0.39, 0.29) is 18.0 Å². The number of rotatable bonds is 4. The van der Waals surface area contributed by atoms with Crippen LogP contribution in [0.4, 0.5) is 0 Å². The molecule has 1 aromatic carbocycles. The van der Waals surface area contributed by atoms with Crippen molar-refractivity contribution in [1.82, 2.24) is 4.90 Å². The molecule has 0 radical (unpaired) electrons. The summed E-state index contributed by atoms with van der Waals surface area (Å²) in [7, 11) is 1.60. The van der Waals surface area contributed by atoms with Gasteiger partial charge in [0.2, 0.25) is 5.91 Å². The number of hydrogen-bond acceptors (Lipinski definition) is 3. The molecule has 0 bridgehead atoms. The molecule has 2 atom stereocenters. The van der Waals surface area contributed by atoms with Gasteiger partial charge in [-0.05, 0) is 18.1 Å². The van der Waals surface area contributed by atoms with E-state index in [1.807, 2.05) is 23.1 Å². The van der Waals surface area contributed by atoms with E-state index in [0.717, 1.165) is 5.56 Å². The van der Waals surface area contributed by atoms with Crippen LogP contribution < -0.4 is 10.5 Å². The van der Waals surface area contributed by atoms with Crippen LogP contribution >= 0.6 is 11.6 Å². The van der Waals surface area contributed by atoms with Crippen molar-refractivity contribution in [2.75, 3.05) is 13.7 Å². The van der Waals surface area contributed by atoms with E-state index in [4.69, 9.17) is 22.1 Å². The second kappa shape index (κ2) is 6.02. The summed E-state index contributed by atoms with van der Waals surface area (Å²) in [4.78, 5) is 14.0. The molecule has 5 heteroatoms. The second-order valence-corrected chi connectivity index (χ2v) is 6.02. The minimum atomic E-state index is -0.255. The van der Waals surface area contributed by atoms with E-state index in [9.17, 15) is 4.79 Å². The Labute approximate surface area is 124 Å². The SMILES string of the molecule is COc1cccc(Cl)c1C1C(N)CC(=O)N1CC(C)C. The molecule has 2 rings (SSSR count). The van der Waals surface area contributed by atoms with E-state index in [0.29, 0.717) is 29.7 Å². The van der Waals surface area contributed by atoms with Gasteiger partial charge < -0.3 is 15.4 Å². The Hall–Kier alpha value is -1.26. The van der Waals surface area contributed by atoms with Crippen LogP contribution in [0.15, 0.2) is 18.2 Å². The van der Waals surface area contributed by atoms with Crippen LogP contribution in [-0.4, -0.2) is 30.5 Å². The highest BCUT2D eigenvalue weighted by molar-refractivity contribution is 6.31. The largest absolute Gasteiger partial charge is 0.496 e. The first-order chi connectivity index (χ1) is 9.45. The lowest BCUT2D eigenvalue weighted by atomic mass is 9.99. The fourth-order valence-electron chi connectivity index (χ4n) is 2.78. The van der Waals surface area contributed by atoms with Crippen LogP contribution in [0.1, 0.15) is 31.9 Å². The highest BCUT2D eigenvalue weighted by atomic mass is 35.5. The molecule has 1 saturated heterocycles. The van der Waals surface area contributed by atoms with Crippen molar-refractivity contribution >= 4 is 17.5 Å². The Bertz CT molecular complexity index is 505. The molecule has 1 fully saturated rings. The number of halogens is 1. The Morgan fingerprint density at radius 3 is 2.80 bits per heavy atom. The van der Waals surface area contributed by atoms with Crippen LogP contribution in [0.2, 0.25) is 5.02 Å². The van der Waals surface area contributed by atoms with Gasteiger partial charge in [0.1, 0.15) is 5.75 Å². The molecule has 2 N–H and O–H groups in total. The zero-order valence-corrected chi connectivity index (χ0v) is 12.9. The van der Waals surface area contributed by atoms with Gasteiger partial charge in [0.25, 0.3) is 0 Å². The Morgan fingerprint density at radius 1 is 1.50 bits per heavy atom. The molecule has 0 aromatic heterocycles. The van der Waals surface area contributed by atoms with Gasteiger partial charge in [-0.3, -0.25) is 4.79 Å². The molecule has 1 aliphatic rings. The number of carbonyl (C=O) groups excluding carboxylic acids is 1.